The molecule has 0 saturated heterocycles. The second-order valence-electron chi connectivity index (χ2n) is 6.73. The van der Waals surface area contributed by atoms with Crippen molar-refractivity contribution in [1.29, 1.82) is 0 Å². The first-order chi connectivity index (χ1) is 14.0. The Labute approximate surface area is 169 Å². The van der Waals surface area contributed by atoms with Crippen LogP contribution in [0, 0.1) is 0 Å². The molecule has 7 nitrogen and oxygen atoms in total. The van der Waals surface area contributed by atoms with E-state index in [1.54, 1.807) is 19.1 Å². The van der Waals surface area contributed by atoms with Crippen LogP contribution < -0.4 is 10.1 Å². The molecule has 2 N–H and O–H groups in total. The summed E-state index contributed by atoms with van der Waals surface area (Å²) in [6, 6.07) is 12.5. The van der Waals surface area contributed by atoms with Gasteiger partial charge < -0.3 is 24.6 Å². The summed E-state index contributed by atoms with van der Waals surface area (Å²) < 4.78 is 15.8. The fourth-order valence-electron chi connectivity index (χ4n) is 3.52. The van der Waals surface area contributed by atoms with E-state index in [1.807, 2.05) is 30.3 Å². The maximum absolute atomic E-state index is 12.5. The molecule has 0 spiro atoms. The van der Waals surface area contributed by atoms with Crippen LogP contribution in [0.5, 0.6) is 5.75 Å². The Morgan fingerprint density at radius 1 is 1.17 bits per heavy atom. The monoisotopic (exact) mass is 399 g/mol. The zero-order valence-corrected chi connectivity index (χ0v) is 16.5. The minimum Gasteiger partial charge on any atom is -0.488 e. The molecule has 2 aromatic rings. The number of hydrogen-bond acceptors (Lipinski definition) is 6. The smallest absolute Gasteiger partial charge is 0.407 e. The van der Waals surface area contributed by atoms with Gasteiger partial charge in [-0.3, -0.25) is 0 Å². The number of fused-ring (bicyclic) bond motifs is 1. The summed E-state index contributed by atoms with van der Waals surface area (Å²) in [7, 11) is 1.31. The maximum atomic E-state index is 12.5. The Kier molecular flexibility index (Phi) is 6.72. The molecular formula is C22H25NO6. The number of carbonyl (C=O) groups excluding carboxylic acids is 2. The van der Waals surface area contributed by atoms with Crippen LogP contribution >= 0.6 is 0 Å². The van der Waals surface area contributed by atoms with Crippen LogP contribution in [0.25, 0.3) is 0 Å². The van der Waals surface area contributed by atoms with Gasteiger partial charge in [0.1, 0.15) is 17.9 Å². The summed E-state index contributed by atoms with van der Waals surface area (Å²) in [5, 5.41) is 13.4. The zero-order chi connectivity index (χ0) is 20.8. The van der Waals surface area contributed by atoms with Gasteiger partial charge in [0, 0.05) is 0 Å². The highest BCUT2D eigenvalue weighted by molar-refractivity contribution is 5.94. The number of alkyl carbamates (subject to hydrolysis) is 1. The second kappa shape index (κ2) is 9.43. The van der Waals surface area contributed by atoms with Crippen molar-refractivity contribution >= 4 is 12.1 Å². The highest BCUT2D eigenvalue weighted by atomic mass is 16.5. The molecule has 2 aromatic carbocycles. The van der Waals surface area contributed by atoms with Crippen LogP contribution in [0.1, 0.15) is 46.5 Å². The van der Waals surface area contributed by atoms with Crippen molar-refractivity contribution in [2.45, 2.75) is 38.5 Å². The third-order valence-corrected chi connectivity index (χ3v) is 4.92. The van der Waals surface area contributed by atoms with E-state index >= 15 is 0 Å². The summed E-state index contributed by atoms with van der Waals surface area (Å²) >= 11 is 0. The molecule has 2 atom stereocenters. The number of aliphatic hydroxyl groups is 1. The molecule has 7 heteroatoms. The SMILES string of the molecule is CCOC(=O)NC1CCc2c(ccc(OCc3ccccc3)c2C(=O)OC)C1O. The summed E-state index contributed by atoms with van der Waals surface area (Å²) in [4.78, 5) is 24.2. The molecule has 0 aliphatic heterocycles. The van der Waals surface area contributed by atoms with Gasteiger partial charge in [-0.05, 0) is 42.5 Å². The van der Waals surface area contributed by atoms with E-state index in [0.717, 1.165) is 5.56 Å². The van der Waals surface area contributed by atoms with Gasteiger partial charge in [0.25, 0.3) is 0 Å². The van der Waals surface area contributed by atoms with Gasteiger partial charge in [-0.1, -0.05) is 36.4 Å². The van der Waals surface area contributed by atoms with Crippen LogP contribution in [-0.4, -0.2) is 36.9 Å². The number of ether oxygens (including phenoxy) is 3. The lowest BCUT2D eigenvalue weighted by Crippen LogP contribution is -2.42. The Balaban J connectivity index is 1.87. The lowest BCUT2D eigenvalue weighted by Gasteiger charge is -2.31. The van der Waals surface area contributed by atoms with E-state index in [4.69, 9.17) is 14.2 Å². The van der Waals surface area contributed by atoms with Crippen molar-refractivity contribution in [3.63, 3.8) is 0 Å². The molecule has 1 aliphatic carbocycles. The van der Waals surface area contributed by atoms with Crippen LogP contribution in [0.15, 0.2) is 42.5 Å². The van der Waals surface area contributed by atoms with Crippen molar-refractivity contribution < 1.29 is 28.9 Å². The fourth-order valence-corrected chi connectivity index (χ4v) is 3.52. The molecule has 0 aromatic heterocycles. The third-order valence-electron chi connectivity index (χ3n) is 4.92. The minimum absolute atomic E-state index is 0.250. The predicted molar refractivity (Wildman–Crippen MR) is 106 cm³/mol. The first-order valence-electron chi connectivity index (χ1n) is 9.57. The van der Waals surface area contributed by atoms with E-state index in [0.29, 0.717) is 41.9 Å². The van der Waals surface area contributed by atoms with E-state index in [2.05, 4.69) is 5.32 Å². The van der Waals surface area contributed by atoms with E-state index in [-0.39, 0.29) is 6.61 Å². The number of nitrogens with one attached hydrogen (secondary N) is 1. The summed E-state index contributed by atoms with van der Waals surface area (Å²) in [5.74, 6) is -0.114. The fraction of sp³-hybridized carbons (Fsp3) is 0.364. The van der Waals surface area contributed by atoms with Crippen molar-refractivity contribution in [2.75, 3.05) is 13.7 Å². The van der Waals surface area contributed by atoms with Gasteiger partial charge in [-0.2, -0.15) is 0 Å². The van der Waals surface area contributed by atoms with Crippen molar-refractivity contribution in [3.05, 3.63) is 64.7 Å². The number of rotatable bonds is 6. The van der Waals surface area contributed by atoms with E-state index < -0.39 is 24.2 Å². The van der Waals surface area contributed by atoms with Gasteiger partial charge >= 0.3 is 12.1 Å². The molecule has 154 valence electrons. The highest BCUT2D eigenvalue weighted by Crippen LogP contribution is 2.37. The van der Waals surface area contributed by atoms with Gasteiger partial charge in [0.15, 0.2) is 0 Å². The largest absolute Gasteiger partial charge is 0.488 e. The molecule has 2 unspecified atom stereocenters. The molecule has 0 heterocycles. The second-order valence-corrected chi connectivity index (χ2v) is 6.73. The first-order valence-corrected chi connectivity index (χ1v) is 9.57. The molecule has 1 amide bonds. The van der Waals surface area contributed by atoms with E-state index in [9.17, 15) is 14.7 Å². The Morgan fingerprint density at radius 3 is 2.62 bits per heavy atom. The third kappa shape index (κ3) is 4.68. The Morgan fingerprint density at radius 2 is 1.93 bits per heavy atom. The average molecular weight is 399 g/mol. The van der Waals surface area contributed by atoms with Crippen LogP contribution in [-0.2, 0) is 22.5 Å². The van der Waals surface area contributed by atoms with Gasteiger partial charge in [-0.15, -0.1) is 0 Å². The topological polar surface area (TPSA) is 94.1 Å². The number of hydrogen-bond donors (Lipinski definition) is 2. The summed E-state index contributed by atoms with van der Waals surface area (Å²) in [5.41, 5.74) is 2.54. The lowest BCUT2D eigenvalue weighted by atomic mass is 9.83. The number of aliphatic hydroxyl groups excluding tert-OH is 1. The Bertz CT molecular complexity index is 867. The molecule has 0 saturated carbocycles. The number of methoxy groups -OCH3 is 1. The minimum atomic E-state index is -0.963. The van der Waals surface area contributed by atoms with Crippen molar-refractivity contribution in [1.82, 2.24) is 5.32 Å². The molecule has 0 radical (unpaired) electrons. The first kappa shape index (κ1) is 20.7. The predicted octanol–water partition coefficient (Wildman–Crippen LogP) is 3.15. The van der Waals surface area contributed by atoms with E-state index in [1.165, 1.54) is 7.11 Å². The molecule has 3 rings (SSSR count). The summed E-state index contributed by atoms with van der Waals surface area (Å²) in [6.07, 6.45) is -0.596. The molecule has 0 bridgehead atoms. The van der Waals surface area contributed by atoms with Gasteiger partial charge in [-0.25, -0.2) is 9.59 Å². The Hall–Kier alpha value is -3.06. The summed E-state index contributed by atoms with van der Waals surface area (Å²) in [6.45, 7) is 2.27. The normalized spacial score (nSPS) is 17.8. The van der Waals surface area contributed by atoms with Gasteiger partial charge in [0.2, 0.25) is 0 Å². The average Bonchev–Trinajstić information content (AvgIpc) is 2.74. The van der Waals surface area contributed by atoms with Crippen molar-refractivity contribution in [2.24, 2.45) is 0 Å². The van der Waals surface area contributed by atoms with Crippen LogP contribution in [0.2, 0.25) is 0 Å². The standard InChI is InChI=1S/C22H25NO6/c1-3-28-22(26)23-17-11-9-15-16(20(17)24)10-12-18(19(15)21(25)27-2)29-13-14-7-5-4-6-8-14/h4-8,10,12,17,20,24H,3,9,11,13H2,1-2H3,(H,23,26). The number of benzene rings is 2. The van der Waals surface area contributed by atoms with Crippen LogP contribution in [0.4, 0.5) is 4.79 Å². The molecular weight excluding hydrogens is 374 g/mol. The zero-order valence-electron chi connectivity index (χ0n) is 16.5. The number of amides is 1. The molecule has 0 fully saturated rings. The number of esters is 1. The molecule has 1 aliphatic rings. The maximum Gasteiger partial charge on any atom is 0.407 e. The van der Waals surface area contributed by atoms with Gasteiger partial charge in [0.05, 0.1) is 25.9 Å². The van der Waals surface area contributed by atoms with Crippen LogP contribution in [0.3, 0.4) is 0 Å². The highest BCUT2D eigenvalue weighted by Gasteiger charge is 2.33. The van der Waals surface area contributed by atoms with Crippen molar-refractivity contribution in [3.8, 4) is 5.75 Å². The quantitative estimate of drug-likeness (QED) is 0.725. The number of carbonyl (C=O) groups is 2. The lowest BCUT2D eigenvalue weighted by molar-refractivity contribution is 0.0590. The molecule has 29 heavy (non-hydrogen) atoms.